The summed E-state index contributed by atoms with van der Waals surface area (Å²) in [5.74, 6) is 0. The van der Waals surface area contributed by atoms with Crippen LogP contribution in [0.4, 0.5) is 13.2 Å². The summed E-state index contributed by atoms with van der Waals surface area (Å²) in [4.78, 5) is 0. The smallest absolute Gasteiger partial charge is 1.00 e. The third-order valence-corrected chi connectivity index (χ3v) is 1.28. The average Bonchev–Trinajstić information content (AvgIpc) is 1.86. The fraction of sp³-hybridized carbons (Fsp3) is 0.125. The van der Waals surface area contributed by atoms with Crippen LogP contribution in [-0.4, -0.2) is 0 Å². The molecular weight excluding hydrogens is 298 g/mol. The topological polar surface area (TPSA) is 0 Å². The fourth-order valence-electron chi connectivity index (χ4n) is 0.694. The van der Waals surface area contributed by atoms with Crippen molar-refractivity contribution in [2.75, 3.05) is 0 Å². The molecule has 0 aliphatic rings. The van der Waals surface area contributed by atoms with E-state index in [1.165, 1.54) is 12.1 Å². The zero-order valence-electron chi connectivity index (χ0n) is 6.74. The Morgan fingerprint density at radius 1 is 1.00 bits per heavy atom. The van der Waals surface area contributed by atoms with Gasteiger partial charge in [-0.05, 0) is 0 Å². The van der Waals surface area contributed by atoms with Crippen LogP contribution in [0.25, 0.3) is 0 Å². The molecule has 1 rings (SSSR count). The molecule has 0 atom stereocenters. The number of rotatable bonds is 0. The molecule has 13 heavy (non-hydrogen) atoms. The Balaban J connectivity index is 0. The fourth-order valence-corrected chi connectivity index (χ4v) is 0.694. The molecule has 0 unspecified atom stereocenters. The first-order chi connectivity index (χ1) is 5.00. The third kappa shape index (κ3) is 4.68. The van der Waals surface area contributed by atoms with Crippen molar-refractivity contribution in [3.05, 3.63) is 42.3 Å². The molecule has 68 valence electrons. The monoisotopic (exact) mass is 302 g/mol. The van der Waals surface area contributed by atoms with Crippen LogP contribution >= 0.6 is 0 Å². The Kier molecular flexibility index (Phi) is 6.73. The number of halogens is 4. The normalized spacial score (nSPS) is 9.77. The molecule has 0 amide bonds. The van der Waals surface area contributed by atoms with Crippen molar-refractivity contribution < 1.29 is 49.6 Å². The van der Waals surface area contributed by atoms with Crippen molar-refractivity contribution in [2.45, 2.75) is 6.18 Å². The van der Waals surface area contributed by atoms with Crippen molar-refractivity contribution >= 4 is 0 Å². The van der Waals surface area contributed by atoms with Crippen LogP contribution in [0.2, 0.25) is 0 Å². The van der Waals surface area contributed by atoms with Gasteiger partial charge in [0.15, 0.2) is 0 Å². The number of hydrogen-bond acceptors (Lipinski definition) is 0. The summed E-state index contributed by atoms with van der Waals surface area (Å²) in [6.45, 7) is 3.48. The Hall–Kier alpha value is -0.0166. The van der Waals surface area contributed by atoms with Gasteiger partial charge in [-0.2, -0.15) is 37.8 Å². The minimum absolute atomic E-state index is 0. The van der Waals surface area contributed by atoms with E-state index in [2.05, 4.69) is 6.92 Å². The number of benzene rings is 1. The molecule has 5 heteroatoms. The molecule has 0 fully saturated rings. The first-order valence-corrected chi connectivity index (χ1v) is 2.99. The standard InChI is InChI=1S/C8H6F3.BrH.Zn/c1-6-2-4-7(5-3-6)8(9,10)11;;/h2-5H,1H2;1H;/q-1;;+2/p-1. The van der Waals surface area contributed by atoms with Crippen molar-refractivity contribution in [2.24, 2.45) is 0 Å². The Bertz CT molecular complexity index is 243. The van der Waals surface area contributed by atoms with Gasteiger partial charge in [-0.15, -0.1) is 12.1 Å². The Morgan fingerprint density at radius 3 is 1.69 bits per heavy atom. The van der Waals surface area contributed by atoms with E-state index in [0.717, 1.165) is 12.1 Å². The summed E-state index contributed by atoms with van der Waals surface area (Å²) in [7, 11) is 0. The molecule has 0 saturated heterocycles. The van der Waals surface area contributed by atoms with Crippen LogP contribution in [0.15, 0.2) is 24.3 Å². The maximum absolute atomic E-state index is 11.9. The number of alkyl halides is 3. The van der Waals surface area contributed by atoms with Crippen LogP contribution in [-0.2, 0) is 25.7 Å². The van der Waals surface area contributed by atoms with Gasteiger partial charge in [-0.1, -0.05) is 0 Å². The summed E-state index contributed by atoms with van der Waals surface area (Å²) >= 11 is 0. The van der Waals surface area contributed by atoms with Crippen molar-refractivity contribution in [1.29, 1.82) is 0 Å². The molecule has 0 aromatic heterocycles. The summed E-state index contributed by atoms with van der Waals surface area (Å²) in [5, 5.41) is 0. The van der Waals surface area contributed by atoms with Gasteiger partial charge in [-0.3, -0.25) is 0 Å². The number of hydrogen-bond donors (Lipinski definition) is 0. The minimum atomic E-state index is -4.24. The predicted molar refractivity (Wildman–Crippen MR) is 35.9 cm³/mol. The molecular formula is C8H6BrF3Zn. The predicted octanol–water partition coefficient (Wildman–Crippen LogP) is -0.111. The van der Waals surface area contributed by atoms with Crippen molar-refractivity contribution in [3.8, 4) is 0 Å². The van der Waals surface area contributed by atoms with Gasteiger partial charge in [-0.25, -0.2) is 0 Å². The van der Waals surface area contributed by atoms with Gasteiger partial charge >= 0.3 is 25.7 Å². The SMILES string of the molecule is [Br-].[CH2-]c1ccc(C(F)(F)F)cc1.[Zn+2]. The molecule has 1 aromatic rings. The third-order valence-electron chi connectivity index (χ3n) is 1.28. The van der Waals surface area contributed by atoms with Gasteiger partial charge in [0.25, 0.3) is 0 Å². The van der Waals surface area contributed by atoms with Gasteiger partial charge in [0.05, 0.1) is 0 Å². The van der Waals surface area contributed by atoms with Gasteiger partial charge in [0.1, 0.15) is 0 Å². The van der Waals surface area contributed by atoms with Gasteiger partial charge in [0.2, 0.25) is 0 Å². The average molecular weight is 304 g/mol. The minimum Gasteiger partial charge on any atom is -1.00 e. The molecule has 0 bridgehead atoms. The molecule has 0 nitrogen and oxygen atoms in total. The van der Waals surface area contributed by atoms with E-state index < -0.39 is 11.7 Å². The van der Waals surface area contributed by atoms with Crippen molar-refractivity contribution in [3.63, 3.8) is 0 Å². The first-order valence-electron chi connectivity index (χ1n) is 2.99. The maximum Gasteiger partial charge on any atom is 2.00 e. The van der Waals surface area contributed by atoms with Gasteiger partial charge in [0, 0.05) is 5.56 Å². The Labute approximate surface area is 98.1 Å². The van der Waals surface area contributed by atoms with Crippen LogP contribution < -0.4 is 17.0 Å². The molecule has 0 aliphatic heterocycles. The maximum atomic E-state index is 11.9. The molecule has 1 aromatic carbocycles. The van der Waals surface area contributed by atoms with E-state index >= 15 is 0 Å². The Morgan fingerprint density at radius 2 is 1.38 bits per heavy atom. The molecule has 0 saturated carbocycles. The zero-order chi connectivity index (χ0) is 8.48. The molecule has 0 spiro atoms. The van der Waals surface area contributed by atoms with E-state index in [4.69, 9.17) is 0 Å². The quantitative estimate of drug-likeness (QED) is 0.463. The van der Waals surface area contributed by atoms with E-state index in [-0.39, 0.29) is 36.5 Å². The molecule has 0 aliphatic carbocycles. The van der Waals surface area contributed by atoms with Crippen molar-refractivity contribution in [1.82, 2.24) is 0 Å². The zero-order valence-corrected chi connectivity index (χ0v) is 11.3. The van der Waals surface area contributed by atoms with E-state index in [1.807, 2.05) is 0 Å². The molecule has 0 heterocycles. The molecule has 0 radical (unpaired) electrons. The largest absolute Gasteiger partial charge is 2.00 e. The van der Waals surface area contributed by atoms with Crippen LogP contribution in [0.5, 0.6) is 0 Å². The van der Waals surface area contributed by atoms with E-state index in [1.54, 1.807) is 0 Å². The van der Waals surface area contributed by atoms with E-state index in [0.29, 0.717) is 5.56 Å². The summed E-state index contributed by atoms with van der Waals surface area (Å²) < 4.78 is 35.7. The van der Waals surface area contributed by atoms with Gasteiger partial charge < -0.3 is 17.0 Å². The van der Waals surface area contributed by atoms with Crippen LogP contribution in [0, 0.1) is 6.92 Å². The van der Waals surface area contributed by atoms with E-state index in [9.17, 15) is 13.2 Å². The van der Waals surface area contributed by atoms with Crippen LogP contribution in [0.1, 0.15) is 11.1 Å². The summed E-state index contributed by atoms with van der Waals surface area (Å²) in [5.41, 5.74) is -0.0529. The van der Waals surface area contributed by atoms with Crippen LogP contribution in [0.3, 0.4) is 0 Å². The second-order valence-corrected chi connectivity index (χ2v) is 2.19. The molecule has 0 N–H and O–H groups in total. The second-order valence-electron chi connectivity index (χ2n) is 2.19. The summed E-state index contributed by atoms with van der Waals surface area (Å²) in [6.07, 6.45) is -4.24. The summed E-state index contributed by atoms with van der Waals surface area (Å²) in [6, 6.07) is 4.70. The second kappa shape index (κ2) is 5.66. The first kappa shape index (κ1) is 15.5.